The summed E-state index contributed by atoms with van der Waals surface area (Å²) in [5.41, 5.74) is 2.29. The van der Waals surface area contributed by atoms with Crippen LogP contribution in [0.3, 0.4) is 0 Å². The Hall–Kier alpha value is -1.35. The van der Waals surface area contributed by atoms with Crippen molar-refractivity contribution < 1.29 is 4.79 Å². The number of nitrogens with one attached hydrogen (secondary N) is 2. The van der Waals surface area contributed by atoms with Crippen molar-refractivity contribution in [1.29, 1.82) is 0 Å². The molecule has 1 unspecified atom stereocenters. The lowest BCUT2D eigenvalue weighted by Gasteiger charge is -2.21. The summed E-state index contributed by atoms with van der Waals surface area (Å²) in [4.78, 5) is 11.7. The molecule has 0 spiro atoms. The third-order valence-corrected chi connectivity index (χ3v) is 2.65. The van der Waals surface area contributed by atoms with Gasteiger partial charge in [0.05, 0.1) is 12.6 Å². The summed E-state index contributed by atoms with van der Waals surface area (Å²) >= 11 is 0. The second kappa shape index (κ2) is 9.66. The number of carbonyl (C=O) groups excluding carboxylic acids is 1. The second-order valence-electron chi connectivity index (χ2n) is 4.18. The van der Waals surface area contributed by atoms with Crippen LogP contribution in [0.1, 0.15) is 34.1 Å². The number of carbonyl (C=O) groups is 1. The minimum Gasteiger partial charge on any atom is -0.344 e. The highest BCUT2D eigenvalue weighted by Crippen LogP contribution is 2.14. The molecular formula is C15H26N2O. The van der Waals surface area contributed by atoms with Gasteiger partial charge in [-0.15, -0.1) is 0 Å². The summed E-state index contributed by atoms with van der Waals surface area (Å²) < 4.78 is 0. The topological polar surface area (TPSA) is 41.1 Å². The molecule has 18 heavy (non-hydrogen) atoms. The standard InChI is InChI=1S/C15H26N2O/c1-6-9-12(4)15(13(8-3)10-7-2)17-14(18)11-16-5/h7-10,15-16H,6,11H2,1-5H3,(H,17,18)/b10-7-,12-9+,13-8+. The Balaban J connectivity index is 5.05. The Morgan fingerprint density at radius 3 is 2.44 bits per heavy atom. The van der Waals surface area contributed by atoms with Gasteiger partial charge in [-0.05, 0) is 39.8 Å². The van der Waals surface area contributed by atoms with E-state index in [0.717, 1.165) is 12.0 Å². The molecule has 3 nitrogen and oxygen atoms in total. The number of amides is 1. The minimum atomic E-state index is -0.0352. The largest absolute Gasteiger partial charge is 0.344 e. The first-order valence-electron chi connectivity index (χ1n) is 6.50. The molecule has 0 saturated carbocycles. The van der Waals surface area contributed by atoms with Crippen molar-refractivity contribution in [3.63, 3.8) is 0 Å². The first-order chi connectivity index (χ1) is 8.60. The minimum absolute atomic E-state index is 0.00945. The van der Waals surface area contributed by atoms with Gasteiger partial charge in [0.1, 0.15) is 0 Å². The lowest BCUT2D eigenvalue weighted by molar-refractivity contribution is -0.120. The molecule has 0 saturated heterocycles. The molecule has 0 heterocycles. The first kappa shape index (κ1) is 16.6. The molecule has 0 bridgehead atoms. The molecule has 0 aromatic carbocycles. The van der Waals surface area contributed by atoms with E-state index in [-0.39, 0.29) is 11.9 Å². The summed E-state index contributed by atoms with van der Waals surface area (Å²) in [6.07, 6.45) is 9.19. The highest BCUT2D eigenvalue weighted by atomic mass is 16.1. The molecule has 0 aliphatic carbocycles. The highest BCUT2D eigenvalue weighted by Gasteiger charge is 2.15. The van der Waals surface area contributed by atoms with Crippen molar-refractivity contribution in [3.8, 4) is 0 Å². The van der Waals surface area contributed by atoms with Crippen LogP contribution in [0.5, 0.6) is 0 Å². The zero-order chi connectivity index (χ0) is 14.0. The third kappa shape index (κ3) is 5.82. The van der Waals surface area contributed by atoms with Crippen molar-refractivity contribution >= 4 is 5.91 Å². The van der Waals surface area contributed by atoms with Gasteiger partial charge < -0.3 is 10.6 Å². The van der Waals surface area contributed by atoms with E-state index in [9.17, 15) is 4.79 Å². The van der Waals surface area contributed by atoms with E-state index in [1.165, 1.54) is 5.57 Å². The molecule has 0 radical (unpaired) electrons. The van der Waals surface area contributed by atoms with Crippen LogP contribution in [0.15, 0.2) is 35.5 Å². The fourth-order valence-electron chi connectivity index (χ4n) is 1.82. The Morgan fingerprint density at radius 1 is 1.33 bits per heavy atom. The number of hydrogen-bond acceptors (Lipinski definition) is 2. The smallest absolute Gasteiger partial charge is 0.234 e. The fourth-order valence-corrected chi connectivity index (χ4v) is 1.82. The predicted molar refractivity (Wildman–Crippen MR) is 78.5 cm³/mol. The summed E-state index contributed by atoms with van der Waals surface area (Å²) in [7, 11) is 1.77. The maximum absolute atomic E-state index is 11.7. The van der Waals surface area contributed by atoms with Crippen LogP contribution in [0.4, 0.5) is 0 Å². The lowest BCUT2D eigenvalue weighted by Crippen LogP contribution is -2.41. The normalized spacial score (nSPS) is 14.9. The molecule has 0 rings (SSSR count). The van der Waals surface area contributed by atoms with E-state index in [2.05, 4.69) is 30.6 Å². The van der Waals surface area contributed by atoms with Gasteiger partial charge in [-0.1, -0.05) is 36.8 Å². The molecule has 0 aromatic heterocycles. The van der Waals surface area contributed by atoms with E-state index in [1.54, 1.807) is 7.05 Å². The van der Waals surface area contributed by atoms with Crippen LogP contribution in [-0.2, 0) is 4.79 Å². The number of likely N-dealkylation sites (N-methyl/N-ethyl adjacent to an activating group) is 1. The second-order valence-corrected chi connectivity index (χ2v) is 4.18. The summed E-state index contributed by atoms with van der Waals surface area (Å²) in [5, 5.41) is 5.91. The molecule has 0 aliphatic heterocycles. The Morgan fingerprint density at radius 2 is 2.00 bits per heavy atom. The summed E-state index contributed by atoms with van der Waals surface area (Å²) in [6, 6.07) is -0.0352. The Bertz CT molecular complexity index is 340. The molecule has 3 heteroatoms. The summed E-state index contributed by atoms with van der Waals surface area (Å²) in [6.45, 7) is 8.46. The third-order valence-electron chi connectivity index (χ3n) is 2.65. The molecule has 0 aliphatic rings. The van der Waals surface area contributed by atoms with Gasteiger partial charge in [0, 0.05) is 0 Å². The molecule has 0 aromatic rings. The lowest BCUT2D eigenvalue weighted by atomic mass is 9.98. The monoisotopic (exact) mass is 250 g/mol. The van der Waals surface area contributed by atoms with E-state index in [0.29, 0.717) is 6.54 Å². The van der Waals surface area contributed by atoms with Crippen LogP contribution in [-0.4, -0.2) is 25.5 Å². The van der Waals surface area contributed by atoms with Crippen LogP contribution in [0.25, 0.3) is 0 Å². The zero-order valence-corrected chi connectivity index (χ0v) is 12.2. The van der Waals surface area contributed by atoms with Gasteiger partial charge in [0.25, 0.3) is 0 Å². The fraction of sp³-hybridized carbons (Fsp3) is 0.533. The van der Waals surface area contributed by atoms with Gasteiger partial charge in [-0.2, -0.15) is 0 Å². The molecule has 2 N–H and O–H groups in total. The predicted octanol–water partition coefficient (Wildman–Crippen LogP) is 2.57. The van der Waals surface area contributed by atoms with Gasteiger partial charge >= 0.3 is 0 Å². The van der Waals surface area contributed by atoms with Gasteiger partial charge in [-0.3, -0.25) is 4.79 Å². The van der Waals surface area contributed by atoms with Crippen LogP contribution in [0, 0.1) is 0 Å². The maximum Gasteiger partial charge on any atom is 0.234 e. The van der Waals surface area contributed by atoms with E-state index < -0.39 is 0 Å². The average molecular weight is 250 g/mol. The van der Waals surface area contributed by atoms with Crippen molar-refractivity contribution in [2.75, 3.05) is 13.6 Å². The Labute approximate surface area is 111 Å². The van der Waals surface area contributed by atoms with Crippen molar-refractivity contribution in [1.82, 2.24) is 10.6 Å². The van der Waals surface area contributed by atoms with Gasteiger partial charge in [-0.25, -0.2) is 0 Å². The number of hydrogen-bond donors (Lipinski definition) is 2. The first-order valence-corrected chi connectivity index (χ1v) is 6.50. The SMILES string of the molecule is C/C=C\C(=C/C)C(NC(=O)CNC)/C(C)=C/CC. The van der Waals surface area contributed by atoms with Crippen molar-refractivity contribution in [2.45, 2.75) is 40.2 Å². The summed E-state index contributed by atoms with van der Waals surface area (Å²) in [5.74, 6) is 0.00945. The van der Waals surface area contributed by atoms with Crippen LogP contribution < -0.4 is 10.6 Å². The van der Waals surface area contributed by atoms with E-state index >= 15 is 0 Å². The molecule has 1 atom stereocenters. The van der Waals surface area contributed by atoms with Gasteiger partial charge in [0.2, 0.25) is 5.91 Å². The van der Waals surface area contributed by atoms with Gasteiger partial charge in [0.15, 0.2) is 0 Å². The molecule has 102 valence electrons. The van der Waals surface area contributed by atoms with E-state index in [1.807, 2.05) is 32.1 Å². The maximum atomic E-state index is 11.7. The molecule has 1 amide bonds. The van der Waals surface area contributed by atoms with Crippen LogP contribution >= 0.6 is 0 Å². The van der Waals surface area contributed by atoms with E-state index in [4.69, 9.17) is 0 Å². The zero-order valence-electron chi connectivity index (χ0n) is 12.2. The van der Waals surface area contributed by atoms with Crippen molar-refractivity contribution in [2.24, 2.45) is 0 Å². The number of rotatable bonds is 7. The molecule has 0 fully saturated rings. The Kier molecular flexibility index (Phi) is 8.93. The quantitative estimate of drug-likeness (QED) is 0.538. The van der Waals surface area contributed by atoms with Crippen molar-refractivity contribution in [3.05, 3.63) is 35.5 Å². The average Bonchev–Trinajstić information content (AvgIpc) is 2.34. The highest BCUT2D eigenvalue weighted by molar-refractivity contribution is 5.79. The van der Waals surface area contributed by atoms with Crippen LogP contribution in [0.2, 0.25) is 0 Å². The number of allylic oxidation sites excluding steroid dienone is 3. The molecular weight excluding hydrogens is 224 g/mol.